The summed E-state index contributed by atoms with van der Waals surface area (Å²) >= 11 is 1.52. The van der Waals surface area contributed by atoms with Crippen LogP contribution in [0, 0.1) is 6.92 Å². The standard InChI is InChI=1S/C37H46N2O6S.Li/c1-25-11-9-10-14-28(25)30-23-27(15-16-29(30)33(40)39-31(34(41)42)17-22-46-5)32(35(43)45-36(2,3)4)44-37(18-20-38-21-19-37)24-26-12-7-6-8-13-26;/h6-16,23,31-32,38H,17-22,24H2,1-5H3,(H,39,40)(H,41,42);/t31-,32?;/m0./s1. The summed E-state index contributed by atoms with van der Waals surface area (Å²) < 4.78 is 12.9. The van der Waals surface area contributed by atoms with Crippen LogP contribution in [0.3, 0.4) is 0 Å². The third-order valence-corrected chi connectivity index (χ3v) is 8.76. The Morgan fingerprint density at radius 3 is 2.26 bits per heavy atom. The summed E-state index contributed by atoms with van der Waals surface area (Å²) in [4.78, 5) is 39.6. The van der Waals surface area contributed by atoms with E-state index >= 15 is 0 Å². The van der Waals surface area contributed by atoms with E-state index < -0.39 is 41.2 Å². The van der Waals surface area contributed by atoms with Crippen LogP contribution in [0.2, 0.25) is 0 Å². The minimum atomic E-state index is -1.08. The van der Waals surface area contributed by atoms with E-state index in [0.29, 0.717) is 48.1 Å². The predicted octanol–water partition coefficient (Wildman–Crippen LogP) is 5.98. The molecule has 1 aliphatic heterocycles. The number of benzene rings is 3. The average molecular weight is 654 g/mol. The van der Waals surface area contributed by atoms with E-state index in [1.807, 2.05) is 82.5 Å². The molecule has 1 aliphatic rings. The van der Waals surface area contributed by atoms with Gasteiger partial charge >= 0.3 is 11.9 Å². The van der Waals surface area contributed by atoms with Gasteiger partial charge in [-0.15, -0.1) is 0 Å². The molecule has 1 amide bonds. The molecule has 1 unspecified atom stereocenters. The molecule has 0 spiro atoms. The SMILES string of the molecule is CSCC[C@H](NC(=O)c1ccc(C(OC2(Cc3ccccc3)CCNCC2)C(=O)OC(C)(C)C)cc1-c1ccccc1C)C(=O)O.[Li]. The second-order valence-electron chi connectivity index (χ2n) is 12.9. The number of carbonyl (C=O) groups excluding carboxylic acids is 2. The summed E-state index contributed by atoms with van der Waals surface area (Å²) in [6.07, 6.45) is 3.18. The first-order valence-electron chi connectivity index (χ1n) is 15.8. The zero-order valence-corrected chi connectivity index (χ0v) is 29.2. The number of ether oxygens (including phenoxy) is 2. The van der Waals surface area contributed by atoms with Gasteiger partial charge in [0.25, 0.3) is 5.91 Å². The molecular formula is C37H46LiN2O6S. The van der Waals surface area contributed by atoms with Crippen molar-refractivity contribution in [2.45, 2.75) is 76.7 Å². The summed E-state index contributed by atoms with van der Waals surface area (Å²) in [5.41, 5.74) is 2.94. The van der Waals surface area contributed by atoms with Crippen molar-refractivity contribution in [1.29, 1.82) is 0 Å². The molecule has 2 atom stereocenters. The average Bonchev–Trinajstić information content (AvgIpc) is 3.02. The first-order chi connectivity index (χ1) is 21.9. The van der Waals surface area contributed by atoms with Gasteiger partial charge in [-0.1, -0.05) is 60.7 Å². The molecule has 1 saturated heterocycles. The Labute approximate surface area is 294 Å². The smallest absolute Gasteiger partial charge is 0.340 e. The van der Waals surface area contributed by atoms with E-state index in [2.05, 4.69) is 22.8 Å². The third-order valence-electron chi connectivity index (χ3n) is 8.11. The Morgan fingerprint density at radius 1 is 0.979 bits per heavy atom. The molecule has 10 heteroatoms. The van der Waals surface area contributed by atoms with Gasteiger partial charge in [-0.25, -0.2) is 9.59 Å². The van der Waals surface area contributed by atoms with Gasteiger partial charge in [0, 0.05) is 30.8 Å². The maximum absolute atomic E-state index is 14.0. The Morgan fingerprint density at radius 2 is 1.64 bits per heavy atom. The third kappa shape index (κ3) is 10.7. The van der Waals surface area contributed by atoms with Crippen LogP contribution in [-0.4, -0.2) is 84.2 Å². The molecule has 247 valence electrons. The van der Waals surface area contributed by atoms with Crippen molar-refractivity contribution in [2.24, 2.45) is 0 Å². The Bertz CT molecular complexity index is 1500. The van der Waals surface area contributed by atoms with Crippen molar-refractivity contribution in [3.63, 3.8) is 0 Å². The number of carbonyl (C=O) groups is 3. The van der Waals surface area contributed by atoms with Crippen molar-refractivity contribution in [3.05, 3.63) is 95.1 Å². The monoisotopic (exact) mass is 653 g/mol. The normalized spacial score (nSPS) is 15.5. The summed E-state index contributed by atoms with van der Waals surface area (Å²) in [5, 5.41) is 15.9. The van der Waals surface area contributed by atoms with Crippen LogP contribution >= 0.6 is 11.8 Å². The van der Waals surface area contributed by atoms with Crippen LogP contribution < -0.4 is 10.6 Å². The fourth-order valence-electron chi connectivity index (χ4n) is 5.79. The van der Waals surface area contributed by atoms with Crippen LogP contribution in [0.4, 0.5) is 0 Å². The van der Waals surface area contributed by atoms with E-state index in [4.69, 9.17) is 9.47 Å². The van der Waals surface area contributed by atoms with Crippen molar-refractivity contribution < 1.29 is 29.0 Å². The molecule has 3 aromatic rings. The summed E-state index contributed by atoms with van der Waals surface area (Å²) in [7, 11) is 0. The molecule has 1 heterocycles. The number of piperidine rings is 1. The van der Waals surface area contributed by atoms with Gasteiger partial charge in [0.15, 0.2) is 6.10 Å². The zero-order chi connectivity index (χ0) is 33.3. The second-order valence-corrected chi connectivity index (χ2v) is 13.9. The van der Waals surface area contributed by atoms with Gasteiger partial charge in [-0.3, -0.25) is 4.79 Å². The second kappa shape index (κ2) is 17.4. The largest absolute Gasteiger partial charge is 0.480 e. The number of carboxylic acid groups (broad SMARTS) is 1. The first kappa shape index (κ1) is 38.4. The molecule has 0 saturated carbocycles. The van der Waals surface area contributed by atoms with Crippen LogP contribution in [0.25, 0.3) is 11.1 Å². The fourth-order valence-corrected chi connectivity index (χ4v) is 6.27. The van der Waals surface area contributed by atoms with Crippen molar-refractivity contribution in [1.82, 2.24) is 10.6 Å². The van der Waals surface area contributed by atoms with E-state index in [1.165, 1.54) is 11.8 Å². The minimum absolute atomic E-state index is 0. The summed E-state index contributed by atoms with van der Waals surface area (Å²) in [6, 6.07) is 22.0. The van der Waals surface area contributed by atoms with E-state index in [-0.39, 0.29) is 18.9 Å². The maximum atomic E-state index is 14.0. The number of esters is 1. The molecule has 0 aliphatic carbocycles. The van der Waals surface area contributed by atoms with Crippen molar-refractivity contribution in [2.75, 3.05) is 25.1 Å². The number of thioether (sulfide) groups is 1. The van der Waals surface area contributed by atoms with Crippen LogP contribution in [-0.2, 0) is 25.5 Å². The van der Waals surface area contributed by atoms with Crippen LogP contribution in [0.1, 0.15) is 73.2 Å². The molecule has 0 aromatic heterocycles. The van der Waals surface area contributed by atoms with Crippen molar-refractivity contribution in [3.8, 4) is 11.1 Å². The van der Waals surface area contributed by atoms with Crippen LogP contribution in [0.15, 0.2) is 72.8 Å². The van der Waals surface area contributed by atoms with E-state index in [9.17, 15) is 19.5 Å². The van der Waals surface area contributed by atoms with E-state index in [0.717, 1.165) is 29.8 Å². The summed E-state index contributed by atoms with van der Waals surface area (Å²) in [5.74, 6) is -1.49. The van der Waals surface area contributed by atoms with Crippen molar-refractivity contribution >= 4 is 48.5 Å². The van der Waals surface area contributed by atoms with Gasteiger partial charge in [0.1, 0.15) is 11.6 Å². The quantitative estimate of drug-likeness (QED) is 0.153. The molecule has 4 rings (SSSR count). The number of hydrogen-bond acceptors (Lipinski definition) is 7. The molecule has 3 aromatic carbocycles. The molecule has 0 bridgehead atoms. The van der Waals surface area contributed by atoms with Gasteiger partial charge < -0.3 is 25.2 Å². The molecule has 1 fully saturated rings. The number of carboxylic acids is 1. The molecule has 3 N–H and O–H groups in total. The number of aryl methyl sites for hydroxylation is 1. The van der Waals surface area contributed by atoms with Gasteiger partial charge in [0.05, 0.1) is 5.60 Å². The molecule has 47 heavy (non-hydrogen) atoms. The molecule has 1 radical (unpaired) electrons. The zero-order valence-electron chi connectivity index (χ0n) is 28.4. The predicted molar refractivity (Wildman–Crippen MR) is 189 cm³/mol. The maximum Gasteiger partial charge on any atom is 0.340 e. The number of rotatable bonds is 13. The number of amides is 1. The summed E-state index contributed by atoms with van der Waals surface area (Å²) in [6.45, 7) is 8.94. The topological polar surface area (TPSA) is 114 Å². The first-order valence-corrected chi connectivity index (χ1v) is 17.2. The Kier molecular flexibility index (Phi) is 14.2. The fraction of sp³-hybridized carbons (Fsp3) is 0.432. The molecular weight excluding hydrogens is 607 g/mol. The molecule has 8 nitrogen and oxygen atoms in total. The Balaban J connectivity index is 0.00000600. The Hall–Kier alpha value is -3.06. The van der Waals surface area contributed by atoms with Gasteiger partial charge in [-0.05, 0) is 112 Å². The van der Waals surface area contributed by atoms with Gasteiger partial charge in [0.2, 0.25) is 0 Å². The number of hydrogen-bond donors (Lipinski definition) is 3. The van der Waals surface area contributed by atoms with Crippen LogP contribution in [0.5, 0.6) is 0 Å². The van der Waals surface area contributed by atoms with Gasteiger partial charge in [-0.2, -0.15) is 11.8 Å². The van der Waals surface area contributed by atoms with E-state index in [1.54, 1.807) is 12.1 Å². The number of nitrogens with one attached hydrogen (secondary N) is 2. The minimum Gasteiger partial charge on any atom is -0.480 e. The number of aliphatic carboxylic acids is 1.